The van der Waals surface area contributed by atoms with Crippen molar-refractivity contribution in [3.63, 3.8) is 0 Å². The zero-order chi connectivity index (χ0) is 8.81. The van der Waals surface area contributed by atoms with Gasteiger partial charge in [-0.05, 0) is 19.8 Å². The van der Waals surface area contributed by atoms with Crippen LogP contribution < -0.4 is 10.8 Å². The summed E-state index contributed by atoms with van der Waals surface area (Å²) in [6, 6.07) is 0.463. The van der Waals surface area contributed by atoms with Gasteiger partial charge in [0.1, 0.15) is 0 Å². The standard InChI is InChI=1S/C8H16N2O2/c1-2-12-9-6-5-8(11)10-7-3-4-7/h7,9H,2-6H2,1H3,(H,10,11). The van der Waals surface area contributed by atoms with Crippen LogP contribution in [0.5, 0.6) is 0 Å². The molecule has 1 amide bonds. The lowest BCUT2D eigenvalue weighted by Crippen LogP contribution is -2.29. The third kappa shape index (κ3) is 4.31. The molecule has 0 heterocycles. The van der Waals surface area contributed by atoms with Crippen LogP contribution in [0.4, 0.5) is 0 Å². The van der Waals surface area contributed by atoms with Gasteiger partial charge in [-0.1, -0.05) is 0 Å². The Kier molecular flexibility index (Phi) is 4.04. The predicted octanol–water partition coefficient (Wildman–Crippen LogP) is 0.196. The maximum absolute atomic E-state index is 11.0. The average Bonchev–Trinajstić information content (AvgIpc) is 2.82. The zero-order valence-electron chi connectivity index (χ0n) is 7.43. The predicted molar refractivity (Wildman–Crippen MR) is 45.4 cm³/mol. The highest BCUT2D eigenvalue weighted by Crippen LogP contribution is 2.18. The molecule has 0 aromatic carbocycles. The van der Waals surface area contributed by atoms with Crippen LogP contribution in [0.2, 0.25) is 0 Å². The Bertz CT molecular complexity index is 146. The van der Waals surface area contributed by atoms with Crippen molar-refractivity contribution in [2.75, 3.05) is 13.2 Å². The van der Waals surface area contributed by atoms with Crippen LogP contribution >= 0.6 is 0 Å². The van der Waals surface area contributed by atoms with Crippen molar-refractivity contribution < 1.29 is 9.63 Å². The van der Waals surface area contributed by atoms with Crippen LogP contribution in [0.25, 0.3) is 0 Å². The van der Waals surface area contributed by atoms with Crippen LogP contribution in [-0.4, -0.2) is 25.1 Å². The summed E-state index contributed by atoms with van der Waals surface area (Å²) in [5, 5.41) is 2.90. The number of nitrogens with one attached hydrogen (secondary N) is 2. The summed E-state index contributed by atoms with van der Waals surface area (Å²) in [7, 11) is 0. The highest BCUT2D eigenvalue weighted by atomic mass is 16.6. The number of carbonyl (C=O) groups excluding carboxylic acids is 1. The second-order valence-electron chi connectivity index (χ2n) is 2.92. The van der Waals surface area contributed by atoms with E-state index in [-0.39, 0.29) is 5.91 Å². The minimum Gasteiger partial charge on any atom is -0.353 e. The molecular weight excluding hydrogens is 156 g/mol. The van der Waals surface area contributed by atoms with E-state index in [2.05, 4.69) is 10.8 Å². The van der Waals surface area contributed by atoms with E-state index < -0.39 is 0 Å². The first-order chi connectivity index (χ1) is 5.83. The van der Waals surface area contributed by atoms with Crippen molar-refractivity contribution in [2.24, 2.45) is 0 Å². The van der Waals surface area contributed by atoms with Gasteiger partial charge in [-0.15, -0.1) is 0 Å². The van der Waals surface area contributed by atoms with Gasteiger partial charge in [0.05, 0.1) is 6.61 Å². The lowest BCUT2D eigenvalue weighted by atomic mass is 10.4. The first kappa shape index (κ1) is 9.48. The van der Waals surface area contributed by atoms with Crippen molar-refractivity contribution in [1.29, 1.82) is 0 Å². The zero-order valence-corrected chi connectivity index (χ0v) is 7.43. The normalized spacial score (nSPS) is 16.1. The molecule has 1 aliphatic carbocycles. The number of hydrogen-bond donors (Lipinski definition) is 2. The summed E-state index contributed by atoms with van der Waals surface area (Å²) in [5.41, 5.74) is 2.70. The van der Waals surface area contributed by atoms with Crippen molar-refractivity contribution in [1.82, 2.24) is 10.8 Å². The fourth-order valence-corrected chi connectivity index (χ4v) is 0.866. The molecule has 0 bridgehead atoms. The van der Waals surface area contributed by atoms with E-state index in [0.29, 0.717) is 25.6 Å². The molecule has 4 heteroatoms. The first-order valence-corrected chi connectivity index (χ1v) is 4.47. The molecule has 0 aromatic heterocycles. The Morgan fingerprint density at radius 2 is 2.33 bits per heavy atom. The molecule has 0 aromatic rings. The van der Waals surface area contributed by atoms with E-state index in [1.54, 1.807) is 0 Å². The lowest BCUT2D eigenvalue weighted by molar-refractivity contribution is -0.121. The molecule has 1 aliphatic rings. The smallest absolute Gasteiger partial charge is 0.221 e. The van der Waals surface area contributed by atoms with E-state index in [9.17, 15) is 4.79 Å². The average molecular weight is 172 g/mol. The molecule has 1 saturated carbocycles. The third-order valence-electron chi connectivity index (χ3n) is 1.64. The largest absolute Gasteiger partial charge is 0.353 e. The first-order valence-electron chi connectivity index (χ1n) is 4.47. The number of hydrogen-bond acceptors (Lipinski definition) is 3. The molecule has 70 valence electrons. The summed E-state index contributed by atoms with van der Waals surface area (Å²) in [6.07, 6.45) is 2.78. The van der Waals surface area contributed by atoms with Crippen LogP contribution in [0.3, 0.4) is 0 Å². The molecule has 2 N–H and O–H groups in total. The van der Waals surface area contributed by atoms with Gasteiger partial charge in [0.15, 0.2) is 0 Å². The summed E-state index contributed by atoms with van der Waals surface area (Å²) >= 11 is 0. The van der Waals surface area contributed by atoms with Crippen molar-refractivity contribution in [2.45, 2.75) is 32.2 Å². The van der Waals surface area contributed by atoms with Gasteiger partial charge in [0, 0.05) is 19.0 Å². The Labute approximate surface area is 72.6 Å². The molecule has 0 saturated heterocycles. The van der Waals surface area contributed by atoms with E-state index in [1.807, 2.05) is 6.92 Å². The lowest BCUT2D eigenvalue weighted by Gasteiger charge is -2.03. The van der Waals surface area contributed by atoms with Gasteiger partial charge >= 0.3 is 0 Å². The Balaban J connectivity index is 1.87. The number of hydroxylamine groups is 1. The summed E-state index contributed by atoms with van der Waals surface area (Å²) in [4.78, 5) is 15.9. The summed E-state index contributed by atoms with van der Waals surface area (Å²) in [6.45, 7) is 3.12. The molecule has 1 rings (SSSR count). The van der Waals surface area contributed by atoms with Crippen LogP contribution in [-0.2, 0) is 9.63 Å². The molecular formula is C8H16N2O2. The maximum atomic E-state index is 11.0. The van der Waals surface area contributed by atoms with E-state index in [0.717, 1.165) is 12.8 Å². The van der Waals surface area contributed by atoms with Crippen LogP contribution in [0, 0.1) is 0 Å². The molecule has 12 heavy (non-hydrogen) atoms. The van der Waals surface area contributed by atoms with Gasteiger partial charge in [-0.2, -0.15) is 0 Å². The molecule has 1 fully saturated rings. The molecule has 0 aliphatic heterocycles. The van der Waals surface area contributed by atoms with Gasteiger partial charge < -0.3 is 10.2 Å². The van der Waals surface area contributed by atoms with Gasteiger partial charge in [-0.3, -0.25) is 4.79 Å². The Morgan fingerprint density at radius 1 is 1.58 bits per heavy atom. The topological polar surface area (TPSA) is 50.4 Å². The van der Waals surface area contributed by atoms with Gasteiger partial charge in [0.2, 0.25) is 5.91 Å². The van der Waals surface area contributed by atoms with Crippen molar-refractivity contribution in [3.8, 4) is 0 Å². The number of rotatable bonds is 6. The summed E-state index contributed by atoms with van der Waals surface area (Å²) < 4.78 is 0. The van der Waals surface area contributed by atoms with Crippen molar-refractivity contribution in [3.05, 3.63) is 0 Å². The third-order valence-corrected chi connectivity index (χ3v) is 1.64. The van der Waals surface area contributed by atoms with Crippen molar-refractivity contribution >= 4 is 5.91 Å². The minimum absolute atomic E-state index is 0.115. The number of amides is 1. The van der Waals surface area contributed by atoms with Crippen LogP contribution in [0.1, 0.15) is 26.2 Å². The molecule has 0 radical (unpaired) electrons. The van der Waals surface area contributed by atoms with Gasteiger partial charge in [-0.25, -0.2) is 5.48 Å². The minimum atomic E-state index is 0.115. The van der Waals surface area contributed by atoms with Gasteiger partial charge in [0.25, 0.3) is 0 Å². The molecule has 0 atom stereocenters. The Morgan fingerprint density at radius 3 is 2.92 bits per heavy atom. The monoisotopic (exact) mass is 172 g/mol. The quantitative estimate of drug-likeness (QED) is 0.444. The van der Waals surface area contributed by atoms with E-state index in [4.69, 9.17) is 4.84 Å². The second kappa shape index (κ2) is 5.11. The number of carbonyl (C=O) groups is 1. The highest BCUT2D eigenvalue weighted by Gasteiger charge is 2.22. The molecule has 0 unspecified atom stereocenters. The Hall–Kier alpha value is -0.610. The van der Waals surface area contributed by atoms with E-state index >= 15 is 0 Å². The van der Waals surface area contributed by atoms with Crippen LogP contribution in [0.15, 0.2) is 0 Å². The highest BCUT2D eigenvalue weighted by molar-refractivity contribution is 5.76. The SMILES string of the molecule is CCONCCC(=O)NC1CC1. The summed E-state index contributed by atoms with van der Waals surface area (Å²) in [5.74, 6) is 0.115. The fraction of sp³-hybridized carbons (Fsp3) is 0.875. The molecule has 0 spiro atoms. The molecule has 4 nitrogen and oxygen atoms in total. The maximum Gasteiger partial charge on any atom is 0.221 e. The second-order valence-corrected chi connectivity index (χ2v) is 2.92. The fourth-order valence-electron chi connectivity index (χ4n) is 0.866. The van der Waals surface area contributed by atoms with E-state index in [1.165, 1.54) is 0 Å².